The number of amides is 1. The number of hydrogen-bond acceptors (Lipinski definition) is 4. The number of rotatable bonds is 4. The molecule has 134 valence electrons. The molecule has 3 aromatic rings. The van der Waals surface area contributed by atoms with E-state index >= 15 is 0 Å². The number of carbonyl (C=O) groups is 1. The Labute approximate surface area is 150 Å². The topological polar surface area (TPSA) is 92.7 Å². The molecule has 2 heterocycles. The van der Waals surface area contributed by atoms with Gasteiger partial charge in [0.2, 0.25) is 0 Å². The van der Waals surface area contributed by atoms with Crippen molar-refractivity contribution in [2.24, 2.45) is 0 Å². The van der Waals surface area contributed by atoms with Gasteiger partial charge in [-0.05, 0) is 18.9 Å². The van der Waals surface area contributed by atoms with Crippen LogP contribution in [0, 0.1) is 0 Å². The minimum atomic E-state index is -0.240. The third-order valence-corrected chi connectivity index (χ3v) is 5.08. The van der Waals surface area contributed by atoms with Crippen LogP contribution in [0.1, 0.15) is 54.3 Å². The third-order valence-electron chi connectivity index (χ3n) is 5.08. The Kier molecular flexibility index (Phi) is 4.51. The molecule has 1 amide bonds. The zero-order valence-corrected chi connectivity index (χ0v) is 14.4. The van der Waals surface area contributed by atoms with Crippen molar-refractivity contribution >= 4 is 16.7 Å². The van der Waals surface area contributed by atoms with Crippen LogP contribution in [-0.2, 0) is 6.54 Å². The second-order valence-corrected chi connectivity index (χ2v) is 6.71. The molecule has 0 spiro atoms. The summed E-state index contributed by atoms with van der Waals surface area (Å²) in [6.07, 6.45) is 9.20. The van der Waals surface area contributed by atoms with Crippen molar-refractivity contribution in [2.75, 3.05) is 0 Å². The van der Waals surface area contributed by atoms with Crippen molar-refractivity contribution in [2.45, 2.75) is 44.7 Å². The molecule has 26 heavy (non-hydrogen) atoms. The predicted octanol–water partition coefficient (Wildman–Crippen LogP) is 2.55. The number of aromatic nitrogens is 4. The summed E-state index contributed by atoms with van der Waals surface area (Å²) in [5, 5.41) is 12.3. The number of fused-ring (bicyclic) bond motifs is 1. The Morgan fingerprint density at radius 1 is 1.19 bits per heavy atom. The van der Waals surface area contributed by atoms with Gasteiger partial charge in [-0.2, -0.15) is 0 Å². The van der Waals surface area contributed by atoms with Gasteiger partial charge in [-0.15, -0.1) is 10.2 Å². The fraction of sp³-hybridized carbons (Fsp3) is 0.368. The van der Waals surface area contributed by atoms with Gasteiger partial charge in [0.1, 0.15) is 6.33 Å². The minimum Gasteiger partial charge on any atom is -0.345 e. The molecule has 1 aliphatic rings. The largest absolute Gasteiger partial charge is 0.345 e. The molecule has 2 aromatic heterocycles. The number of aromatic amines is 1. The van der Waals surface area contributed by atoms with E-state index in [0.29, 0.717) is 28.9 Å². The van der Waals surface area contributed by atoms with Gasteiger partial charge < -0.3 is 14.9 Å². The van der Waals surface area contributed by atoms with Gasteiger partial charge >= 0.3 is 0 Å². The Morgan fingerprint density at radius 3 is 2.77 bits per heavy atom. The molecular weight excluding hydrogens is 330 g/mol. The van der Waals surface area contributed by atoms with Crippen LogP contribution >= 0.6 is 0 Å². The van der Waals surface area contributed by atoms with Crippen LogP contribution in [0.2, 0.25) is 0 Å². The molecule has 2 N–H and O–H groups in total. The molecular formula is C19H21N5O2. The fourth-order valence-electron chi connectivity index (χ4n) is 3.71. The lowest BCUT2D eigenvalue weighted by Crippen LogP contribution is -2.27. The van der Waals surface area contributed by atoms with E-state index in [1.165, 1.54) is 25.5 Å². The number of nitrogens with one attached hydrogen (secondary N) is 2. The molecule has 1 aliphatic carbocycles. The second kappa shape index (κ2) is 7.11. The van der Waals surface area contributed by atoms with E-state index in [1.54, 1.807) is 24.5 Å². The summed E-state index contributed by atoms with van der Waals surface area (Å²) in [7, 11) is 0. The predicted molar refractivity (Wildman–Crippen MR) is 97.9 cm³/mol. The first-order chi connectivity index (χ1) is 12.7. The average Bonchev–Trinajstić information content (AvgIpc) is 3.16. The van der Waals surface area contributed by atoms with Crippen molar-refractivity contribution in [3.05, 3.63) is 58.5 Å². The lowest BCUT2D eigenvalue weighted by atomic mass is 9.95. The first-order valence-corrected chi connectivity index (χ1v) is 9.01. The van der Waals surface area contributed by atoms with Crippen LogP contribution in [0.25, 0.3) is 10.8 Å². The summed E-state index contributed by atoms with van der Waals surface area (Å²) in [6.45, 7) is 0.308. The molecule has 1 saturated carbocycles. The molecule has 0 aliphatic heterocycles. The number of hydrogen-bond donors (Lipinski definition) is 2. The van der Waals surface area contributed by atoms with Gasteiger partial charge in [-0.3, -0.25) is 9.59 Å². The number of pyridine rings is 1. The number of H-pyrrole nitrogens is 1. The van der Waals surface area contributed by atoms with Crippen LogP contribution in [0.4, 0.5) is 0 Å². The maximum atomic E-state index is 12.7. The van der Waals surface area contributed by atoms with E-state index in [2.05, 4.69) is 25.1 Å². The molecule has 0 atom stereocenters. The van der Waals surface area contributed by atoms with Crippen LogP contribution < -0.4 is 10.9 Å². The van der Waals surface area contributed by atoms with Crippen LogP contribution in [0.15, 0.2) is 41.6 Å². The van der Waals surface area contributed by atoms with E-state index in [1.807, 2.05) is 6.07 Å². The highest BCUT2D eigenvalue weighted by atomic mass is 16.1. The number of carbonyl (C=O) groups excluding carboxylic acids is 1. The highest BCUT2D eigenvalue weighted by Crippen LogP contribution is 2.28. The number of benzene rings is 1. The standard InChI is InChI=1S/C19H21N5O2/c25-18-15-9-5-4-8-14(15)16(10-20-18)19(26)21-11-17-23-22-12-24(17)13-6-2-1-3-7-13/h4-5,8-10,12-13H,1-3,6-7,11H2,(H,20,25)(H,21,26). The highest BCUT2D eigenvalue weighted by molar-refractivity contribution is 6.06. The normalized spacial score (nSPS) is 15.2. The molecule has 1 aromatic carbocycles. The molecule has 0 unspecified atom stereocenters. The lowest BCUT2D eigenvalue weighted by Gasteiger charge is -2.24. The van der Waals surface area contributed by atoms with Crippen molar-refractivity contribution < 1.29 is 4.79 Å². The van der Waals surface area contributed by atoms with Crippen LogP contribution in [-0.4, -0.2) is 25.7 Å². The Bertz CT molecular complexity index is 985. The van der Waals surface area contributed by atoms with Gasteiger partial charge in [0, 0.05) is 23.0 Å². The molecule has 7 nitrogen and oxygen atoms in total. The van der Waals surface area contributed by atoms with Crippen molar-refractivity contribution in [3.8, 4) is 0 Å². The average molecular weight is 351 g/mol. The van der Waals surface area contributed by atoms with E-state index in [9.17, 15) is 9.59 Å². The van der Waals surface area contributed by atoms with Crippen molar-refractivity contribution in [3.63, 3.8) is 0 Å². The Hall–Kier alpha value is -2.96. The van der Waals surface area contributed by atoms with Crippen LogP contribution in [0.5, 0.6) is 0 Å². The van der Waals surface area contributed by atoms with E-state index in [4.69, 9.17) is 0 Å². The highest BCUT2D eigenvalue weighted by Gasteiger charge is 2.19. The first-order valence-electron chi connectivity index (χ1n) is 9.01. The van der Waals surface area contributed by atoms with E-state index in [-0.39, 0.29) is 11.5 Å². The third kappa shape index (κ3) is 3.12. The van der Waals surface area contributed by atoms with Gasteiger partial charge in [-0.1, -0.05) is 37.5 Å². The summed E-state index contributed by atoms with van der Waals surface area (Å²) in [6, 6.07) is 7.51. The van der Waals surface area contributed by atoms with E-state index < -0.39 is 0 Å². The molecule has 0 bridgehead atoms. The zero-order chi connectivity index (χ0) is 17.9. The molecule has 0 radical (unpaired) electrons. The van der Waals surface area contributed by atoms with Gasteiger partial charge in [0.05, 0.1) is 12.1 Å². The van der Waals surface area contributed by atoms with Crippen molar-refractivity contribution in [1.29, 1.82) is 0 Å². The monoisotopic (exact) mass is 351 g/mol. The van der Waals surface area contributed by atoms with E-state index in [0.717, 1.165) is 18.7 Å². The summed E-state index contributed by atoms with van der Waals surface area (Å²) in [5.74, 6) is 0.523. The van der Waals surface area contributed by atoms with Gasteiger partial charge in [0.15, 0.2) is 5.82 Å². The Balaban J connectivity index is 1.53. The lowest BCUT2D eigenvalue weighted by molar-refractivity contribution is 0.0950. The molecule has 0 saturated heterocycles. The van der Waals surface area contributed by atoms with Crippen LogP contribution in [0.3, 0.4) is 0 Å². The zero-order valence-electron chi connectivity index (χ0n) is 14.4. The first kappa shape index (κ1) is 16.5. The Morgan fingerprint density at radius 2 is 1.96 bits per heavy atom. The van der Waals surface area contributed by atoms with Crippen molar-refractivity contribution in [1.82, 2.24) is 25.1 Å². The summed E-state index contributed by atoms with van der Waals surface area (Å²) >= 11 is 0. The quantitative estimate of drug-likeness (QED) is 0.755. The van der Waals surface area contributed by atoms with Gasteiger partial charge in [-0.25, -0.2) is 0 Å². The SMILES string of the molecule is O=C(NCc1nncn1C1CCCCC1)c1c[nH]c(=O)c2ccccc12. The summed E-state index contributed by atoms with van der Waals surface area (Å²) < 4.78 is 2.09. The maximum absolute atomic E-state index is 12.7. The smallest absolute Gasteiger partial charge is 0.255 e. The summed E-state index contributed by atoms with van der Waals surface area (Å²) in [5.41, 5.74) is 0.248. The minimum absolute atomic E-state index is 0.200. The van der Waals surface area contributed by atoms with Gasteiger partial charge in [0.25, 0.3) is 11.5 Å². The summed E-state index contributed by atoms with van der Waals surface area (Å²) in [4.78, 5) is 27.2. The second-order valence-electron chi connectivity index (χ2n) is 6.71. The molecule has 1 fully saturated rings. The number of nitrogens with zero attached hydrogens (tertiary/aromatic N) is 3. The molecule has 4 rings (SSSR count). The maximum Gasteiger partial charge on any atom is 0.255 e. The fourth-order valence-corrected chi connectivity index (χ4v) is 3.71. The molecule has 7 heteroatoms.